The van der Waals surface area contributed by atoms with Crippen molar-refractivity contribution in [3.05, 3.63) is 29.3 Å². The smallest absolute Gasteiger partial charge is 0.135 e. The molecule has 1 saturated carbocycles. The van der Waals surface area contributed by atoms with Gasteiger partial charge in [-0.3, -0.25) is 4.79 Å². The van der Waals surface area contributed by atoms with Crippen molar-refractivity contribution in [2.75, 3.05) is 26.2 Å². The maximum absolute atomic E-state index is 12.2. The summed E-state index contributed by atoms with van der Waals surface area (Å²) in [5, 5.41) is 0. The highest BCUT2D eigenvalue weighted by molar-refractivity contribution is 5.80. The Morgan fingerprint density at radius 2 is 1.83 bits per heavy atom. The molecule has 0 radical (unpaired) electrons. The number of rotatable bonds is 8. The van der Waals surface area contributed by atoms with Gasteiger partial charge in [0, 0.05) is 24.3 Å². The molecule has 0 N–H and O–H groups in total. The number of ether oxygens (including phenoxy) is 1. The molecule has 1 atom stereocenters. The zero-order valence-electron chi connectivity index (χ0n) is 19.2. The van der Waals surface area contributed by atoms with Crippen molar-refractivity contribution in [1.82, 2.24) is 4.90 Å². The van der Waals surface area contributed by atoms with Gasteiger partial charge in [-0.05, 0) is 87.5 Å². The van der Waals surface area contributed by atoms with E-state index in [1.54, 1.807) is 5.56 Å². The van der Waals surface area contributed by atoms with E-state index in [1.807, 2.05) is 0 Å². The molecule has 0 aromatic heterocycles. The van der Waals surface area contributed by atoms with E-state index < -0.39 is 0 Å². The number of hydrogen-bond donors (Lipinski definition) is 0. The standard InChI is InChI=1S/C27H41NO2/c1-3-20(2)26(29)19-22-9-7-21(8-10-22)11-15-28-16-12-23(13-17-28)24-5-4-6-27-25(24)14-18-30-27/h4-6,20-23H,3,7-19H2,1-2H3. The summed E-state index contributed by atoms with van der Waals surface area (Å²) in [6.07, 6.45) is 12.1. The van der Waals surface area contributed by atoms with E-state index in [-0.39, 0.29) is 5.92 Å². The highest BCUT2D eigenvalue weighted by Gasteiger charge is 2.27. The Morgan fingerprint density at radius 1 is 1.10 bits per heavy atom. The molecule has 0 bridgehead atoms. The van der Waals surface area contributed by atoms with E-state index in [1.165, 1.54) is 70.1 Å². The third kappa shape index (κ3) is 5.28. The van der Waals surface area contributed by atoms with Gasteiger partial charge in [-0.15, -0.1) is 0 Å². The largest absolute Gasteiger partial charge is 0.493 e. The molecule has 0 spiro atoms. The molecular weight excluding hydrogens is 370 g/mol. The minimum atomic E-state index is 0.259. The molecule has 166 valence electrons. The van der Waals surface area contributed by atoms with Crippen LogP contribution in [0.2, 0.25) is 0 Å². The van der Waals surface area contributed by atoms with Crippen LogP contribution in [0.4, 0.5) is 0 Å². The number of hydrogen-bond acceptors (Lipinski definition) is 3. The summed E-state index contributed by atoms with van der Waals surface area (Å²) >= 11 is 0. The van der Waals surface area contributed by atoms with E-state index in [0.29, 0.717) is 11.7 Å². The van der Waals surface area contributed by atoms with Gasteiger partial charge in [-0.1, -0.05) is 38.8 Å². The molecule has 1 saturated heterocycles. The zero-order chi connectivity index (χ0) is 20.9. The Balaban J connectivity index is 1.16. The number of carbonyl (C=O) groups excluding carboxylic acids is 1. The molecule has 1 aromatic carbocycles. The predicted molar refractivity (Wildman–Crippen MR) is 123 cm³/mol. The van der Waals surface area contributed by atoms with Crippen molar-refractivity contribution >= 4 is 5.78 Å². The second kappa shape index (κ2) is 10.3. The van der Waals surface area contributed by atoms with Crippen LogP contribution in [-0.2, 0) is 11.2 Å². The minimum Gasteiger partial charge on any atom is -0.493 e. The fourth-order valence-corrected chi connectivity index (χ4v) is 5.90. The first kappa shape index (κ1) is 21.9. The van der Waals surface area contributed by atoms with Gasteiger partial charge in [0.2, 0.25) is 0 Å². The summed E-state index contributed by atoms with van der Waals surface area (Å²) in [5.74, 6) is 4.16. The van der Waals surface area contributed by atoms with Gasteiger partial charge in [0.25, 0.3) is 0 Å². The number of carbonyl (C=O) groups is 1. The highest BCUT2D eigenvalue weighted by Crippen LogP contribution is 2.38. The van der Waals surface area contributed by atoms with Gasteiger partial charge >= 0.3 is 0 Å². The first-order valence-corrected chi connectivity index (χ1v) is 12.6. The number of likely N-dealkylation sites (tertiary alicyclic amines) is 1. The number of fused-ring (bicyclic) bond motifs is 1. The van der Waals surface area contributed by atoms with Crippen LogP contribution in [-0.4, -0.2) is 36.9 Å². The van der Waals surface area contributed by atoms with Crippen molar-refractivity contribution in [2.45, 2.75) is 84.0 Å². The van der Waals surface area contributed by atoms with Crippen LogP contribution in [0.5, 0.6) is 5.75 Å². The van der Waals surface area contributed by atoms with Crippen LogP contribution in [0.15, 0.2) is 18.2 Å². The van der Waals surface area contributed by atoms with Crippen LogP contribution in [0.25, 0.3) is 0 Å². The fraction of sp³-hybridized carbons (Fsp3) is 0.741. The molecule has 2 heterocycles. The molecule has 3 aliphatic rings. The lowest BCUT2D eigenvalue weighted by Crippen LogP contribution is -2.35. The van der Waals surface area contributed by atoms with Crippen LogP contribution < -0.4 is 4.74 Å². The Hall–Kier alpha value is -1.35. The Bertz CT molecular complexity index is 699. The molecule has 0 amide bonds. The monoisotopic (exact) mass is 411 g/mol. The van der Waals surface area contributed by atoms with E-state index in [4.69, 9.17) is 4.74 Å². The molecule has 30 heavy (non-hydrogen) atoms. The number of benzene rings is 1. The summed E-state index contributed by atoms with van der Waals surface area (Å²) in [6, 6.07) is 6.66. The zero-order valence-corrected chi connectivity index (χ0v) is 19.2. The molecule has 2 fully saturated rings. The Kier molecular flexibility index (Phi) is 7.51. The summed E-state index contributed by atoms with van der Waals surface area (Å²) < 4.78 is 5.77. The van der Waals surface area contributed by atoms with Crippen molar-refractivity contribution in [3.63, 3.8) is 0 Å². The van der Waals surface area contributed by atoms with Crippen LogP contribution in [0, 0.1) is 17.8 Å². The van der Waals surface area contributed by atoms with Gasteiger partial charge in [-0.25, -0.2) is 0 Å². The van der Waals surface area contributed by atoms with Gasteiger partial charge in [-0.2, -0.15) is 0 Å². The van der Waals surface area contributed by atoms with Gasteiger partial charge < -0.3 is 9.64 Å². The van der Waals surface area contributed by atoms with E-state index in [0.717, 1.165) is 43.5 Å². The van der Waals surface area contributed by atoms with Crippen molar-refractivity contribution in [2.24, 2.45) is 17.8 Å². The molecule has 3 heteroatoms. The minimum absolute atomic E-state index is 0.259. The SMILES string of the molecule is CCC(C)C(=O)CC1CCC(CCN2CCC(c3cccc4c3CCO4)CC2)CC1. The molecule has 1 aliphatic carbocycles. The summed E-state index contributed by atoms with van der Waals surface area (Å²) in [4.78, 5) is 14.9. The number of Topliss-reactive ketones (excluding diaryl/α,β-unsaturated/α-hetero) is 1. The lowest BCUT2D eigenvalue weighted by molar-refractivity contribution is -0.123. The van der Waals surface area contributed by atoms with E-state index in [2.05, 4.69) is 36.9 Å². The summed E-state index contributed by atoms with van der Waals surface area (Å²) in [5.41, 5.74) is 3.05. The van der Waals surface area contributed by atoms with Crippen molar-refractivity contribution < 1.29 is 9.53 Å². The Labute approximate surface area is 183 Å². The van der Waals surface area contributed by atoms with Crippen LogP contribution in [0.3, 0.4) is 0 Å². The third-order valence-electron chi connectivity index (χ3n) is 8.28. The van der Waals surface area contributed by atoms with Gasteiger partial charge in [0.1, 0.15) is 11.5 Å². The summed E-state index contributed by atoms with van der Waals surface area (Å²) in [7, 11) is 0. The van der Waals surface area contributed by atoms with Crippen LogP contribution >= 0.6 is 0 Å². The lowest BCUT2D eigenvalue weighted by atomic mass is 9.77. The Morgan fingerprint density at radius 3 is 2.57 bits per heavy atom. The molecule has 1 aromatic rings. The van der Waals surface area contributed by atoms with Crippen LogP contribution in [0.1, 0.15) is 88.7 Å². The third-order valence-corrected chi connectivity index (χ3v) is 8.28. The number of nitrogens with zero attached hydrogens (tertiary/aromatic N) is 1. The first-order valence-electron chi connectivity index (χ1n) is 12.6. The molecule has 3 nitrogen and oxygen atoms in total. The highest BCUT2D eigenvalue weighted by atomic mass is 16.5. The van der Waals surface area contributed by atoms with Crippen molar-refractivity contribution in [1.29, 1.82) is 0 Å². The quantitative estimate of drug-likeness (QED) is 0.525. The van der Waals surface area contributed by atoms with Crippen molar-refractivity contribution in [3.8, 4) is 5.75 Å². The maximum atomic E-state index is 12.2. The normalized spacial score (nSPS) is 26.2. The molecule has 2 aliphatic heterocycles. The number of piperidine rings is 1. The van der Waals surface area contributed by atoms with Gasteiger partial charge in [0.15, 0.2) is 0 Å². The molecular formula is C27H41NO2. The van der Waals surface area contributed by atoms with Gasteiger partial charge in [0.05, 0.1) is 6.61 Å². The average Bonchev–Trinajstić information content (AvgIpc) is 3.27. The average molecular weight is 412 g/mol. The topological polar surface area (TPSA) is 29.5 Å². The maximum Gasteiger partial charge on any atom is 0.135 e. The predicted octanol–water partition coefficient (Wildman–Crippen LogP) is 6.00. The summed E-state index contributed by atoms with van der Waals surface area (Å²) in [6.45, 7) is 8.84. The fourth-order valence-electron chi connectivity index (χ4n) is 5.90. The lowest BCUT2D eigenvalue weighted by Gasteiger charge is -2.35. The second-order valence-electron chi connectivity index (χ2n) is 10.2. The molecule has 1 unspecified atom stereocenters. The van der Waals surface area contributed by atoms with E-state index in [9.17, 15) is 4.79 Å². The van der Waals surface area contributed by atoms with E-state index >= 15 is 0 Å². The number of ketones is 1. The first-order chi connectivity index (χ1) is 14.6. The molecule has 4 rings (SSSR count). The second-order valence-corrected chi connectivity index (χ2v) is 10.2.